The second-order valence-corrected chi connectivity index (χ2v) is 6.70. The molecule has 1 aliphatic heterocycles. The van der Waals surface area contributed by atoms with Gasteiger partial charge in [-0.3, -0.25) is 0 Å². The highest BCUT2D eigenvalue weighted by atomic mass is 16.9. The highest BCUT2D eigenvalue weighted by Crippen LogP contribution is 2.34. The fourth-order valence-electron chi connectivity index (χ4n) is 3.20. The molecule has 1 aliphatic rings. The summed E-state index contributed by atoms with van der Waals surface area (Å²) in [4.78, 5) is 15.4. The van der Waals surface area contributed by atoms with Gasteiger partial charge in [0.1, 0.15) is 5.69 Å². The molecule has 3 rings (SSSR count). The predicted octanol–water partition coefficient (Wildman–Crippen LogP) is 4.59. The molecule has 0 amide bonds. The monoisotopic (exact) mass is 357 g/mol. The van der Waals surface area contributed by atoms with Gasteiger partial charge in [0.2, 0.25) is 0 Å². The molecule has 0 aliphatic carbocycles. The smallest absolute Gasteiger partial charge is 0.355 e. The first-order valence-electron chi connectivity index (χ1n) is 9.31. The van der Waals surface area contributed by atoms with Crippen LogP contribution in [0.2, 0.25) is 0 Å². The summed E-state index contributed by atoms with van der Waals surface area (Å²) in [6.07, 6.45) is 2.98. The molecule has 0 radical (unpaired) electrons. The van der Waals surface area contributed by atoms with E-state index in [1.165, 1.54) is 0 Å². The van der Waals surface area contributed by atoms with Gasteiger partial charge in [-0.2, -0.15) is 0 Å². The molecule has 0 saturated carbocycles. The highest BCUT2D eigenvalue weighted by molar-refractivity contribution is 5.89. The lowest BCUT2D eigenvalue weighted by Crippen LogP contribution is -2.34. The van der Waals surface area contributed by atoms with Gasteiger partial charge in [-0.05, 0) is 37.8 Å². The van der Waals surface area contributed by atoms with Crippen molar-refractivity contribution in [1.82, 2.24) is 4.98 Å². The number of aromatic nitrogens is 1. The Kier molecular flexibility index (Phi) is 6.12. The van der Waals surface area contributed by atoms with Gasteiger partial charge in [-0.1, -0.05) is 43.7 Å². The molecule has 5 heteroatoms. The molecule has 2 aromatic rings. The molecule has 140 valence electrons. The second kappa shape index (κ2) is 8.52. The Bertz CT molecular complexity index is 732. The first-order valence-corrected chi connectivity index (χ1v) is 9.31. The zero-order chi connectivity index (χ0) is 18.5. The van der Waals surface area contributed by atoms with E-state index in [4.69, 9.17) is 14.2 Å². The van der Waals surface area contributed by atoms with E-state index in [9.17, 15) is 4.79 Å². The van der Waals surface area contributed by atoms with Crippen molar-refractivity contribution in [2.75, 3.05) is 6.61 Å². The van der Waals surface area contributed by atoms with Crippen LogP contribution in [0.25, 0.3) is 0 Å². The molecule has 0 unspecified atom stereocenters. The van der Waals surface area contributed by atoms with E-state index in [1.54, 1.807) is 0 Å². The number of ether oxygens (including phenoxy) is 3. The lowest BCUT2D eigenvalue weighted by atomic mass is 10.0. The topological polar surface area (TPSA) is 60.6 Å². The number of unbranched alkanes of at least 4 members (excludes halogenated alkanes) is 1. The molecule has 2 heterocycles. The number of rotatable bonds is 8. The summed E-state index contributed by atoms with van der Waals surface area (Å²) >= 11 is 0. The SMILES string of the molecule is CCCCOC(=O)c1[nH]c(C)c(CCC2OC(c3ccccc3)O2)c1C. The highest BCUT2D eigenvalue weighted by Gasteiger charge is 2.32. The Labute approximate surface area is 154 Å². The lowest BCUT2D eigenvalue weighted by molar-refractivity contribution is -0.391. The second-order valence-electron chi connectivity index (χ2n) is 6.70. The van der Waals surface area contributed by atoms with Crippen molar-refractivity contribution in [3.63, 3.8) is 0 Å². The largest absolute Gasteiger partial charge is 0.461 e. The number of aryl methyl sites for hydroxylation is 1. The molecule has 1 N–H and O–H groups in total. The Morgan fingerprint density at radius 3 is 2.62 bits per heavy atom. The summed E-state index contributed by atoms with van der Waals surface area (Å²) in [5, 5.41) is 0. The van der Waals surface area contributed by atoms with Crippen LogP contribution < -0.4 is 0 Å². The molecule has 0 atom stereocenters. The van der Waals surface area contributed by atoms with Crippen molar-refractivity contribution < 1.29 is 19.0 Å². The van der Waals surface area contributed by atoms with E-state index in [2.05, 4.69) is 11.9 Å². The summed E-state index contributed by atoms with van der Waals surface area (Å²) < 4.78 is 17.0. The maximum absolute atomic E-state index is 12.2. The summed E-state index contributed by atoms with van der Waals surface area (Å²) in [5.41, 5.74) is 4.70. The Morgan fingerprint density at radius 1 is 1.19 bits per heavy atom. The van der Waals surface area contributed by atoms with Crippen molar-refractivity contribution >= 4 is 5.97 Å². The predicted molar refractivity (Wildman–Crippen MR) is 98.9 cm³/mol. The fraction of sp³-hybridized carbons (Fsp3) is 0.476. The quantitative estimate of drug-likeness (QED) is 0.554. The standard InChI is InChI=1S/C21H27NO4/c1-4-5-13-24-20(23)19-14(2)17(15(3)22-19)11-12-18-25-21(26-18)16-9-7-6-8-10-16/h6-10,18,21-22H,4-5,11-13H2,1-3H3. The van der Waals surface area contributed by atoms with Gasteiger partial charge < -0.3 is 19.2 Å². The number of carbonyl (C=O) groups excluding carboxylic acids is 1. The van der Waals surface area contributed by atoms with Crippen molar-refractivity contribution in [1.29, 1.82) is 0 Å². The van der Waals surface area contributed by atoms with E-state index < -0.39 is 0 Å². The first kappa shape index (κ1) is 18.7. The zero-order valence-electron chi connectivity index (χ0n) is 15.7. The van der Waals surface area contributed by atoms with E-state index in [0.717, 1.165) is 48.1 Å². The molecule has 1 fully saturated rings. The van der Waals surface area contributed by atoms with Crippen molar-refractivity contribution in [2.45, 2.75) is 59.0 Å². The summed E-state index contributed by atoms with van der Waals surface area (Å²) in [7, 11) is 0. The zero-order valence-corrected chi connectivity index (χ0v) is 15.7. The molecule has 5 nitrogen and oxygen atoms in total. The van der Waals surface area contributed by atoms with Crippen molar-refractivity contribution in [3.05, 3.63) is 58.4 Å². The molecule has 0 spiro atoms. The maximum Gasteiger partial charge on any atom is 0.355 e. The summed E-state index contributed by atoms with van der Waals surface area (Å²) in [6, 6.07) is 9.92. The van der Waals surface area contributed by atoms with E-state index in [-0.39, 0.29) is 18.5 Å². The number of benzene rings is 1. The average molecular weight is 357 g/mol. The van der Waals surface area contributed by atoms with Gasteiger partial charge >= 0.3 is 5.97 Å². The molecule has 1 saturated heterocycles. The molecule has 1 aromatic heterocycles. The van der Waals surface area contributed by atoms with Crippen LogP contribution in [0.4, 0.5) is 0 Å². The van der Waals surface area contributed by atoms with Crippen molar-refractivity contribution in [3.8, 4) is 0 Å². The molecular weight excluding hydrogens is 330 g/mol. The van der Waals surface area contributed by atoms with Gasteiger partial charge in [-0.25, -0.2) is 4.79 Å². The first-order chi connectivity index (χ1) is 12.6. The minimum atomic E-state index is -0.273. The van der Waals surface area contributed by atoms with Crippen LogP contribution in [-0.4, -0.2) is 23.9 Å². The number of hydrogen-bond acceptors (Lipinski definition) is 4. The normalized spacial score (nSPS) is 19.2. The number of hydrogen-bond donors (Lipinski definition) is 1. The number of aromatic amines is 1. The Hall–Kier alpha value is -2.11. The number of H-pyrrole nitrogens is 1. The van der Waals surface area contributed by atoms with Crippen LogP contribution in [0.15, 0.2) is 30.3 Å². The molecule has 26 heavy (non-hydrogen) atoms. The van der Waals surface area contributed by atoms with Gasteiger partial charge in [0.15, 0.2) is 12.6 Å². The van der Waals surface area contributed by atoms with Crippen LogP contribution in [-0.2, 0) is 20.6 Å². The average Bonchev–Trinajstić information content (AvgIpc) is 2.89. The van der Waals surface area contributed by atoms with Gasteiger partial charge in [0.05, 0.1) is 6.61 Å². The van der Waals surface area contributed by atoms with Gasteiger partial charge in [0, 0.05) is 17.7 Å². The minimum Gasteiger partial charge on any atom is -0.461 e. The van der Waals surface area contributed by atoms with Crippen LogP contribution in [0, 0.1) is 13.8 Å². The maximum atomic E-state index is 12.2. The summed E-state index contributed by atoms with van der Waals surface area (Å²) in [5.74, 6) is -0.273. The van der Waals surface area contributed by atoms with Crippen molar-refractivity contribution in [2.24, 2.45) is 0 Å². The van der Waals surface area contributed by atoms with Crippen LogP contribution in [0.5, 0.6) is 0 Å². The lowest BCUT2D eigenvalue weighted by Gasteiger charge is -2.36. The van der Waals surface area contributed by atoms with Gasteiger partial charge in [-0.15, -0.1) is 0 Å². The van der Waals surface area contributed by atoms with Crippen LogP contribution >= 0.6 is 0 Å². The third kappa shape index (κ3) is 4.17. The molecule has 0 bridgehead atoms. The fourth-order valence-corrected chi connectivity index (χ4v) is 3.20. The Balaban J connectivity index is 1.52. The number of esters is 1. The third-order valence-electron chi connectivity index (χ3n) is 4.78. The molecule has 1 aromatic carbocycles. The van der Waals surface area contributed by atoms with Crippen LogP contribution in [0.1, 0.15) is 65.3 Å². The summed E-state index contributed by atoms with van der Waals surface area (Å²) in [6.45, 7) is 6.49. The van der Waals surface area contributed by atoms with E-state index in [1.807, 2.05) is 44.2 Å². The number of carbonyl (C=O) groups is 1. The van der Waals surface area contributed by atoms with E-state index >= 15 is 0 Å². The number of nitrogens with one attached hydrogen (secondary N) is 1. The van der Waals surface area contributed by atoms with Gasteiger partial charge in [0.25, 0.3) is 0 Å². The van der Waals surface area contributed by atoms with Crippen LogP contribution in [0.3, 0.4) is 0 Å². The minimum absolute atomic E-state index is 0.200. The van der Waals surface area contributed by atoms with E-state index in [0.29, 0.717) is 12.3 Å². The third-order valence-corrected chi connectivity index (χ3v) is 4.78. The molecular formula is C21H27NO4. The Morgan fingerprint density at radius 2 is 1.92 bits per heavy atom.